The lowest BCUT2D eigenvalue weighted by Gasteiger charge is -2.55. The van der Waals surface area contributed by atoms with E-state index in [0.717, 1.165) is 4.90 Å². The van der Waals surface area contributed by atoms with Crippen molar-refractivity contribution in [1.29, 1.82) is 0 Å². The Morgan fingerprint density at radius 1 is 1.56 bits per heavy atom. The van der Waals surface area contributed by atoms with E-state index in [4.69, 9.17) is 16.3 Å². The van der Waals surface area contributed by atoms with E-state index in [1.54, 1.807) is 7.05 Å². The topological polar surface area (TPSA) is 140 Å². The van der Waals surface area contributed by atoms with Crippen LogP contribution in [0.15, 0.2) is 16.4 Å². The number of rotatable bonds is 7. The highest BCUT2D eigenvalue weighted by Crippen LogP contribution is 2.47. The summed E-state index contributed by atoms with van der Waals surface area (Å²) in [5.74, 6) is -2.16. The van der Waals surface area contributed by atoms with Gasteiger partial charge in [0.25, 0.3) is 11.6 Å². The summed E-state index contributed by atoms with van der Waals surface area (Å²) < 4.78 is 6.74. The molecule has 2 aliphatic rings. The molecule has 1 aromatic rings. The monoisotopic (exact) mass is 434 g/mol. The number of carbonyl (C=O) groups excluding carboxylic acids is 2. The van der Waals surface area contributed by atoms with Gasteiger partial charge in [-0.25, -0.2) is 9.48 Å². The number of tetrazole rings is 1. The fraction of sp³-hybridized carbons (Fsp3) is 0.538. The largest absolute Gasteiger partial charge is 0.477 e. The smallest absolute Gasteiger partial charge is 0.352 e. The number of methoxy groups -OCH3 is 1. The zero-order valence-electron chi connectivity index (χ0n) is 14.2. The van der Waals surface area contributed by atoms with Crippen molar-refractivity contribution in [1.82, 2.24) is 30.4 Å². The summed E-state index contributed by atoms with van der Waals surface area (Å²) in [6.45, 7) is 0. The number of alkyl halides is 1. The molecule has 27 heavy (non-hydrogen) atoms. The number of nitrogens with one attached hydrogen (secondary N) is 1. The van der Waals surface area contributed by atoms with Crippen LogP contribution in [-0.4, -0.2) is 83.6 Å². The molecule has 2 aliphatic heterocycles. The first-order chi connectivity index (χ1) is 12.9. The molecule has 2 amide bonds. The number of aliphatic carboxylic acids is 1. The zero-order valence-corrected chi connectivity index (χ0v) is 16.6. The summed E-state index contributed by atoms with van der Waals surface area (Å²) in [4.78, 5) is 37.4. The van der Waals surface area contributed by atoms with Gasteiger partial charge in [-0.15, -0.1) is 28.5 Å². The lowest BCUT2D eigenvalue weighted by Crippen LogP contribution is -2.80. The highest BCUT2D eigenvalue weighted by atomic mass is 35.5. The number of thioether (sulfide) groups is 2. The first-order valence-electron chi connectivity index (χ1n) is 7.53. The molecule has 0 spiro atoms. The second kappa shape index (κ2) is 7.66. The van der Waals surface area contributed by atoms with Gasteiger partial charge in [-0.1, -0.05) is 11.8 Å². The van der Waals surface area contributed by atoms with Gasteiger partial charge in [-0.2, -0.15) is 0 Å². The molecule has 0 saturated carbocycles. The van der Waals surface area contributed by atoms with E-state index in [2.05, 4.69) is 20.8 Å². The normalized spacial score (nSPS) is 24.5. The maximum absolute atomic E-state index is 12.7. The Morgan fingerprint density at radius 3 is 2.85 bits per heavy atom. The lowest BCUT2D eigenvalue weighted by molar-refractivity contribution is -0.192. The summed E-state index contributed by atoms with van der Waals surface area (Å²) in [6.07, 6.45) is 0. The molecule has 1 saturated heterocycles. The Bertz CT molecular complexity index is 832. The number of carbonyl (C=O) groups is 3. The van der Waals surface area contributed by atoms with Crippen LogP contribution < -0.4 is 5.32 Å². The van der Waals surface area contributed by atoms with Crippen molar-refractivity contribution in [2.75, 3.05) is 24.5 Å². The second-order valence-corrected chi connectivity index (χ2v) is 7.87. The number of ether oxygens (including phenoxy) is 1. The molecule has 2 atom stereocenters. The number of aryl methyl sites for hydroxylation is 1. The third-order valence-electron chi connectivity index (χ3n) is 4.04. The highest BCUT2D eigenvalue weighted by Gasteiger charge is 2.66. The van der Waals surface area contributed by atoms with E-state index in [1.165, 1.54) is 35.3 Å². The summed E-state index contributed by atoms with van der Waals surface area (Å²) >= 11 is 8.07. The molecule has 0 radical (unpaired) electrons. The molecule has 0 bridgehead atoms. The van der Waals surface area contributed by atoms with Crippen molar-refractivity contribution in [3.63, 3.8) is 0 Å². The van der Waals surface area contributed by atoms with Crippen LogP contribution in [0.3, 0.4) is 0 Å². The van der Waals surface area contributed by atoms with Crippen LogP contribution >= 0.6 is 35.1 Å². The number of hydrogen-bond donors (Lipinski definition) is 2. The van der Waals surface area contributed by atoms with Gasteiger partial charge in [0.1, 0.15) is 17.0 Å². The minimum absolute atomic E-state index is 0.112. The van der Waals surface area contributed by atoms with Crippen molar-refractivity contribution in [3.8, 4) is 0 Å². The summed E-state index contributed by atoms with van der Waals surface area (Å²) in [7, 11) is 2.95. The number of nitrogens with zero attached hydrogens (tertiary/aromatic N) is 5. The molecule has 11 nitrogen and oxygen atoms in total. The Labute approximate surface area is 166 Å². The Balaban J connectivity index is 1.86. The molecule has 3 rings (SSSR count). The van der Waals surface area contributed by atoms with E-state index in [9.17, 15) is 19.5 Å². The van der Waals surface area contributed by atoms with E-state index in [0.29, 0.717) is 22.2 Å². The number of fused-ring (bicyclic) bond motifs is 1. The standard InChI is InChI=1S/C13H15ClN6O5S2/c1-19-12(16-17-18-19)27-5-6-4-26-11-13(25-2,15-7(21)3-14)10(24)20(11)8(6)9(22)23/h11H,3-5H2,1-2H3,(H,15,21)(H,22,23)/t11-,13+/m0/s1. The van der Waals surface area contributed by atoms with E-state index < -0.39 is 28.9 Å². The first-order valence-corrected chi connectivity index (χ1v) is 10.1. The fourth-order valence-corrected chi connectivity index (χ4v) is 5.28. The van der Waals surface area contributed by atoms with Crippen molar-refractivity contribution >= 4 is 52.9 Å². The van der Waals surface area contributed by atoms with E-state index in [-0.39, 0.29) is 11.6 Å². The zero-order chi connectivity index (χ0) is 19.8. The predicted molar refractivity (Wildman–Crippen MR) is 95.9 cm³/mol. The SMILES string of the molecule is CO[C@]1(NC(=O)CCl)C(=O)N2C(C(=O)O)=C(CSc3nnnn3C)CS[C@H]21. The molecule has 0 aromatic carbocycles. The number of carboxylic acids is 1. The molecular weight excluding hydrogens is 420 g/mol. The molecule has 0 unspecified atom stereocenters. The quantitative estimate of drug-likeness (QED) is 0.244. The maximum Gasteiger partial charge on any atom is 0.352 e. The number of carboxylic acid groups (broad SMARTS) is 1. The van der Waals surface area contributed by atoms with Crippen LogP contribution in [0.25, 0.3) is 0 Å². The van der Waals surface area contributed by atoms with Gasteiger partial charge in [-0.05, 0) is 16.0 Å². The van der Waals surface area contributed by atoms with Crippen LogP contribution in [0, 0.1) is 0 Å². The summed E-state index contributed by atoms with van der Waals surface area (Å²) in [5, 5.41) is 23.0. The number of β-lactam (4-membered cyclic amide) rings is 1. The molecular formula is C13H15ClN6O5S2. The Kier molecular flexibility index (Phi) is 5.65. The minimum atomic E-state index is -1.62. The molecule has 1 aromatic heterocycles. The molecule has 2 N–H and O–H groups in total. The van der Waals surface area contributed by atoms with Crippen LogP contribution in [-0.2, 0) is 26.2 Å². The molecule has 14 heteroatoms. The third kappa shape index (κ3) is 3.28. The average molecular weight is 435 g/mol. The fourth-order valence-electron chi connectivity index (χ4n) is 2.79. The van der Waals surface area contributed by atoms with Crippen LogP contribution in [0.2, 0.25) is 0 Å². The summed E-state index contributed by atoms with van der Waals surface area (Å²) in [5.41, 5.74) is -1.18. The van der Waals surface area contributed by atoms with Gasteiger partial charge in [0, 0.05) is 25.7 Å². The number of hydrogen-bond acceptors (Lipinski definition) is 9. The molecule has 0 aliphatic carbocycles. The van der Waals surface area contributed by atoms with Crippen molar-refractivity contribution in [3.05, 3.63) is 11.3 Å². The number of amides is 2. The predicted octanol–water partition coefficient (Wildman–Crippen LogP) is -0.746. The van der Waals surface area contributed by atoms with E-state index >= 15 is 0 Å². The van der Waals surface area contributed by atoms with Crippen molar-refractivity contribution < 1.29 is 24.2 Å². The first kappa shape index (κ1) is 19.9. The summed E-state index contributed by atoms with van der Waals surface area (Å²) in [6, 6.07) is 0. The van der Waals surface area contributed by atoms with Crippen LogP contribution in [0.1, 0.15) is 0 Å². The minimum Gasteiger partial charge on any atom is -0.477 e. The average Bonchev–Trinajstić information content (AvgIpc) is 3.07. The van der Waals surface area contributed by atoms with Crippen molar-refractivity contribution in [2.45, 2.75) is 16.3 Å². The Hall–Kier alpha value is -1.83. The molecule has 3 heterocycles. The van der Waals surface area contributed by atoms with Crippen molar-refractivity contribution in [2.24, 2.45) is 7.05 Å². The van der Waals surface area contributed by atoms with Gasteiger partial charge >= 0.3 is 5.97 Å². The third-order valence-corrected chi connectivity index (χ3v) is 6.75. The van der Waals surface area contributed by atoms with Gasteiger partial charge in [0.05, 0.1) is 0 Å². The van der Waals surface area contributed by atoms with E-state index in [1.807, 2.05) is 0 Å². The van der Waals surface area contributed by atoms with Crippen LogP contribution in [0.4, 0.5) is 0 Å². The number of aromatic nitrogens is 4. The lowest BCUT2D eigenvalue weighted by atomic mass is 9.98. The van der Waals surface area contributed by atoms with Gasteiger partial charge < -0.3 is 15.2 Å². The second-order valence-electron chi connectivity index (χ2n) is 5.59. The van der Waals surface area contributed by atoms with Crippen LogP contribution in [0.5, 0.6) is 0 Å². The molecule has 146 valence electrons. The highest BCUT2D eigenvalue weighted by molar-refractivity contribution is 8.01. The van der Waals surface area contributed by atoms with Gasteiger partial charge in [0.15, 0.2) is 0 Å². The number of halogens is 1. The molecule has 1 fully saturated rings. The van der Waals surface area contributed by atoms with Gasteiger partial charge in [0.2, 0.25) is 11.1 Å². The van der Waals surface area contributed by atoms with Gasteiger partial charge in [-0.3, -0.25) is 14.5 Å². The maximum atomic E-state index is 12.7. The Morgan fingerprint density at radius 2 is 2.30 bits per heavy atom.